The first-order valence-corrected chi connectivity index (χ1v) is 7.15. The van der Waals surface area contributed by atoms with Crippen molar-refractivity contribution >= 4 is 34.5 Å². The summed E-state index contributed by atoms with van der Waals surface area (Å²) in [5, 5.41) is 0. The fourth-order valence-corrected chi connectivity index (χ4v) is 2.00. The lowest BCUT2D eigenvalue weighted by molar-refractivity contribution is -0.0498. The third-order valence-electron chi connectivity index (χ3n) is 2.66. The SMILES string of the molecule is O=C(/C=C/c1ccc(OC(F)F)cc1)c1ccc(I)cc1. The van der Waals surface area contributed by atoms with Crippen molar-refractivity contribution in [2.24, 2.45) is 0 Å². The number of carbonyl (C=O) groups excluding carboxylic acids is 1. The molecule has 0 unspecified atom stereocenters. The van der Waals surface area contributed by atoms with E-state index in [9.17, 15) is 13.6 Å². The zero-order chi connectivity index (χ0) is 15.2. The van der Waals surface area contributed by atoms with Gasteiger partial charge in [-0.25, -0.2) is 0 Å². The molecule has 0 atom stereocenters. The third-order valence-corrected chi connectivity index (χ3v) is 3.38. The summed E-state index contributed by atoms with van der Waals surface area (Å²) < 4.78 is 29.3. The molecule has 2 aromatic carbocycles. The van der Waals surface area contributed by atoms with Crippen molar-refractivity contribution < 1.29 is 18.3 Å². The summed E-state index contributed by atoms with van der Waals surface area (Å²) in [7, 11) is 0. The van der Waals surface area contributed by atoms with E-state index in [2.05, 4.69) is 27.3 Å². The summed E-state index contributed by atoms with van der Waals surface area (Å²) in [5.74, 6) is -0.0228. The van der Waals surface area contributed by atoms with Crippen LogP contribution in [-0.4, -0.2) is 12.4 Å². The van der Waals surface area contributed by atoms with Crippen molar-refractivity contribution in [3.05, 3.63) is 69.3 Å². The molecule has 0 amide bonds. The smallest absolute Gasteiger partial charge is 0.387 e. The maximum atomic E-state index is 12.0. The lowest BCUT2D eigenvalue weighted by Gasteiger charge is -2.03. The van der Waals surface area contributed by atoms with E-state index >= 15 is 0 Å². The van der Waals surface area contributed by atoms with Gasteiger partial charge in [-0.3, -0.25) is 4.79 Å². The predicted octanol–water partition coefficient (Wildman–Crippen LogP) is 4.79. The van der Waals surface area contributed by atoms with Crippen molar-refractivity contribution in [3.63, 3.8) is 0 Å². The van der Waals surface area contributed by atoms with Crippen molar-refractivity contribution in [1.82, 2.24) is 0 Å². The van der Waals surface area contributed by atoms with Gasteiger partial charge in [0.1, 0.15) is 5.75 Å². The summed E-state index contributed by atoms with van der Waals surface area (Å²) >= 11 is 2.17. The zero-order valence-electron chi connectivity index (χ0n) is 10.8. The molecule has 0 aliphatic heterocycles. The second kappa shape index (κ2) is 7.31. The molecule has 5 heteroatoms. The second-order valence-electron chi connectivity index (χ2n) is 4.15. The molecule has 0 N–H and O–H groups in total. The molecule has 0 aliphatic rings. The highest BCUT2D eigenvalue weighted by atomic mass is 127. The normalized spacial score (nSPS) is 11.0. The van der Waals surface area contributed by atoms with E-state index in [-0.39, 0.29) is 11.5 Å². The summed E-state index contributed by atoms with van der Waals surface area (Å²) in [6, 6.07) is 13.3. The van der Waals surface area contributed by atoms with Crippen molar-refractivity contribution in [2.45, 2.75) is 6.61 Å². The van der Waals surface area contributed by atoms with Crippen LogP contribution in [0.3, 0.4) is 0 Å². The number of rotatable bonds is 5. The monoisotopic (exact) mass is 400 g/mol. The molecule has 0 aliphatic carbocycles. The number of alkyl halides is 2. The van der Waals surface area contributed by atoms with Crippen molar-refractivity contribution in [1.29, 1.82) is 0 Å². The number of ketones is 1. The van der Waals surface area contributed by atoms with E-state index in [0.29, 0.717) is 5.56 Å². The molecule has 2 rings (SSSR count). The highest BCUT2D eigenvalue weighted by molar-refractivity contribution is 14.1. The van der Waals surface area contributed by atoms with E-state index in [1.807, 2.05) is 12.1 Å². The standard InChI is InChI=1S/C16H11F2IO2/c17-16(18)21-14-8-1-11(2-9-14)3-10-15(20)12-4-6-13(19)7-5-12/h1-10,16H/b10-3+. The Morgan fingerprint density at radius 1 is 1.05 bits per heavy atom. The van der Waals surface area contributed by atoms with Gasteiger partial charge in [0.2, 0.25) is 0 Å². The lowest BCUT2D eigenvalue weighted by Crippen LogP contribution is -2.01. The van der Waals surface area contributed by atoms with Gasteiger partial charge in [-0.1, -0.05) is 30.3 Å². The van der Waals surface area contributed by atoms with Crippen LogP contribution in [0.1, 0.15) is 15.9 Å². The van der Waals surface area contributed by atoms with Crippen LogP contribution in [0.2, 0.25) is 0 Å². The Balaban J connectivity index is 2.03. The molecular formula is C16H11F2IO2. The van der Waals surface area contributed by atoms with Gasteiger partial charge < -0.3 is 4.74 Å². The number of halogens is 3. The van der Waals surface area contributed by atoms with Gasteiger partial charge in [0, 0.05) is 9.13 Å². The predicted molar refractivity (Wildman–Crippen MR) is 85.6 cm³/mol. The maximum absolute atomic E-state index is 12.0. The maximum Gasteiger partial charge on any atom is 0.387 e. The molecule has 0 bridgehead atoms. The van der Waals surface area contributed by atoms with Crippen LogP contribution in [-0.2, 0) is 0 Å². The Labute approximate surface area is 134 Å². The van der Waals surface area contributed by atoms with Crippen molar-refractivity contribution in [3.8, 4) is 5.75 Å². The summed E-state index contributed by atoms with van der Waals surface area (Å²) in [4.78, 5) is 11.9. The Kier molecular flexibility index (Phi) is 5.44. The Hall–Kier alpha value is -1.76. The van der Waals surface area contributed by atoms with E-state index in [0.717, 1.165) is 9.13 Å². The molecule has 2 nitrogen and oxygen atoms in total. The number of ether oxygens (including phenoxy) is 1. The van der Waals surface area contributed by atoms with E-state index in [1.54, 1.807) is 30.3 Å². The number of benzene rings is 2. The van der Waals surface area contributed by atoms with Gasteiger partial charge in [0.15, 0.2) is 5.78 Å². The molecule has 0 saturated carbocycles. The van der Waals surface area contributed by atoms with Crippen molar-refractivity contribution in [2.75, 3.05) is 0 Å². The average Bonchev–Trinajstić information content (AvgIpc) is 2.46. The first kappa shape index (κ1) is 15.6. The Morgan fingerprint density at radius 2 is 1.67 bits per heavy atom. The fourth-order valence-electron chi connectivity index (χ4n) is 1.64. The molecule has 2 aromatic rings. The van der Waals surface area contributed by atoms with Gasteiger partial charge in [-0.15, -0.1) is 0 Å². The molecule has 0 aromatic heterocycles. The van der Waals surface area contributed by atoms with Gasteiger partial charge in [-0.05, 0) is 58.5 Å². The molecule has 0 saturated heterocycles. The highest BCUT2D eigenvalue weighted by Crippen LogP contribution is 2.16. The van der Waals surface area contributed by atoms with E-state index in [4.69, 9.17) is 0 Å². The van der Waals surface area contributed by atoms with Crippen LogP contribution in [0.25, 0.3) is 6.08 Å². The summed E-state index contributed by atoms with van der Waals surface area (Å²) in [6.07, 6.45) is 3.08. The highest BCUT2D eigenvalue weighted by Gasteiger charge is 2.03. The van der Waals surface area contributed by atoms with Gasteiger partial charge in [0.25, 0.3) is 0 Å². The van der Waals surface area contributed by atoms with Gasteiger partial charge >= 0.3 is 6.61 Å². The fraction of sp³-hybridized carbons (Fsp3) is 0.0625. The number of hydrogen-bond acceptors (Lipinski definition) is 2. The second-order valence-corrected chi connectivity index (χ2v) is 5.40. The number of carbonyl (C=O) groups is 1. The van der Waals surface area contributed by atoms with Crippen LogP contribution in [0, 0.1) is 3.57 Å². The first-order valence-electron chi connectivity index (χ1n) is 6.07. The molecule has 0 spiro atoms. The summed E-state index contributed by atoms with van der Waals surface area (Å²) in [6.45, 7) is -2.84. The lowest BCUT2D eigenvalue weighted by atomic mass is 10.1. The Morgan fingerprint density at radius 3 is 2.24 bits per heavy atom. The average molecular weight is 400 g/mol. The third kappa shape index (κ3) is 4.93. The molecule has 0 heterocycles. The topological polar surface area (TPSA) is 26.3 Å². The quantitative estimate of drug-likeness (QED) is 0.410. The van der Waals surface area contributed by atoms with E-state index in [1.165, 1.54) is 18.2 Å². The molecule has 21 heavy (non-hydrogen) atoms. The van der Waals surface area contributed by atoms with E-state index < -0.39 is 6.61 Å². The zero-order valence-corrected chi connectivity index (χ0v) is 13.0. The van der Waals surface area contributed by atoms with Gasteiger partial charge in [-0.2, -0.15) is 8.78 Å². The van der Waals surface area contributed by atoms with Crippen LogP contribution in [0.5, 0.6) is 5.75 Å². The van der Waals surface area contributed by atoms with Gasteiger partial charge in [0.05, 0.1) is 0 Å². The molecular weight excluding hydrogens is 389 g/mol. The summed E-state index contributed by atoms with van der Waals surface area (Å²) in [5.41, 5.74) is 1.33. The molecule has 0 radical (unpaired) electrons. The van der Waals surface area contributed by atoms with Crippen LogP contribution >= 0.6 is 22.6 Å². The number of allylic oxidation sites excluding steroid dienone is 1. The van der Waals surface area contributed by atoms with Crippen LogP contribution in [0.4, 0.5) is 8.78 Å². The largest absolute Gasteiger partial charge is 0.435 e. The number of hydrogen-bond donors (Lipinski definition) is 0. The minimum atomic E-state index is -2.84. The first-order chi connectivity index (χ1) is 10.0. The van der Waals surface area contributed by atoms with Crippen LogP contribution < -0.4 is 4.74 Å². The molecule has 108 valence electrons. The minimum Gasteiger partial charge on any atom is -0.435 e. The minimum absolute atomic E-state index is 0.0890. The Bertz CT molecular complexity index is 634. The van der Waals surface area contributed by atoms with Crippen LogP contribution in [0.15, 0.2) is 54.6 Å². The molecule has 0 fully saturated rings.